The largest absolute Gasteiger partial charge is 0.480 e. The van der Waals surface area contributed by atoms with E-state index < -0.39 is 5.97 Å². The maximum absolute atomic E-state index is 11.5. The number of anilines is 1. The lowest BCUT2D eigenvalue weighted by Gasteiger charge is -2.35. The average molecular weight is 313 g/mol. The lowest BCUT2D eigenvalue weighted by atomic mass is 10.0. The van der Waals surface area contributed by atoms with Crippen LogP contribution in [0.4, 0.5) is 5.69 Å². The first kappa shape index (κ1) is 15.1. The number of benzene rings is 1. The smallest absolute Gasteiger partial charge is 0.322 e. The van der Waals surface area contributed by atoms with Crippen molar-refractivity contribution in [3.63, 3.8) is 0 Å². The summed E-state index contributed by atoms with van der Waals surface area (Å²) in [5, 5.41) is 14.6. The number of hydrogen-bond donors (Lipinski definition) is 3. The number of carboxylic acids is 1. The van der Waals surface area contributed by atoms with Crippen LogP contribution in [-0.4, -0.2) is 34.5 Å². The van der Waals surface area contributed by atoms with Gasteiger partial charge >= 0.3 is 5.97 Å². The number of hydrogen-bond acceptors (Lipinski definition) is 4. The van der Waals surface area contributed by atoms with Crippen LogP contribution in [0, 0.1) is 0 Å². The lowest BCUT2D eigenvalue weighted by molar-refractivity contribution is -0.135. The van der Waals surface area contributed by atoms with E-state index in [0.29, 0.717) is 25.1 Å². The normalized spacial score (nSPS) is 20.3. The van der Waals surface area contributed by atoms with Crippen LogP contribution in [0.5, 0.6) is 0 Å². The van der Waals surface area contributed by atoms with Crippen LogP contribution >= 0.6 is 0 Å². The predicted octanol–water partition coefficient (Wildman–Crippen LogP) is 1.76. The Morgan fingerprint density at radius 2 is 2.22 bits per heavy atom. The molecule has 0 radical (unpaired) electrons. The highest BCUT2D eigenvalue weighted by Gasteiger charge is 2.34. The van der Waals surface area contributed by atoms with Gasteiger partial charge in [0.2, 0.25) is 5.91 Å². The van der Waals surface area contributed by atoms with Crippen molar-refractivity contribution in [3.05, 3.63) is 48.2 Å². The zero-order valence-corrected chi connectivity index (χ0v) is 12.8. The summed E-state index contributed by atoms with van der Waals surface area (Å²) in [5.41, 5.74) is 4.41. The highest BCUT2D eigenvalue weighted by Crippen LogP contribution is 2.39. The van der Waals surface area contributed by atoms with Gasteiger partial charge in [-0.3, -0.25) is 9.59 Å². The maximum Gasteiger partial charge on any atom is 0.322 e. The molecule has 1 aromatic rings. The van der Waals surface area contributed by atoms with Crippen LogP contribution in [0.2, 0.25) is 0 Å². The molecule has 1 aromatic carbocycles. The molecule has 120 valence electrons. The lowest BCUT2D eigenvalue weighted by Crippen LogP contribution is -2.43. The van der Waals surface area contributed by atoms with Crippen LogP contribution in [0.3, 0.4) is 0 Å². The van der Waals surface area contributed by atoms with Crippen molar-refractivity contribution in [2.24, 2.45) is 0 Å². The molecule has 0 spiro atoms. The molecule has 0 bridgehead atoms. The third-order valence-corrected chi connectivity index (χ3v) is 4.32. The number of fused-ring (bicyclic) bond motifs is 1. The average Bonchev–Trinajstić information content (AvgIpc) is 2.83. The Kier molecular flexibility index (Phi) is 3.82. The highest BCUT2D eigenvalue weighted by atomic mass is 16.4. The van der Waals surface area contributed by atoms with Crippen molar-refractivity contribution in [1.82, 2.24) is 10.2 Å². The number of carbonyl (C=O) groups is 2. The first-order valence-electron chi connectivity index (χ1n) is 7.49. The fraction of sp³-hybridized carbons (Fsp3) is 0.294. The van der Waals surface area contributed by atoms with Crippen LogP contribution in [0.1, 0.15) is 24.0 Å². The molecule has 1 fully saturated rings. The number of piperidine rings is 1. The van der Waals surface area contributed by atoms with E-state index in [4.69, 9.17) is 5.11 Å². The highest BCUT2D eigenvalue weighted by molar-refractivity contribution is 5.81. The molecule has 6 nitrogen and oxygen atoms in total. The van der Waals surface area contributed by atoms with Gasteiger partial charge in [0.05, 0.1) is 6.04 Å². The van der Waals surface area contributed by atoms with Gasteiger partial charge in [-0.15, -0.1) is 0 Å². The Labute approximate surface area is 134 Å². The second-order valence-corrected chi connectivity index (χ2v) is 5.78. The van der Waals surface area contributed by atoms with Gasteiger partial charge in [0, 0.05) is 41.2 Å². The molecular formula is C17H19N3O3. The van der Waals surface area contributed by atoms with E-state index in [9.17, 15) is 9.59 Å². The zero-order chi connectivity index (χ0) is 16.6. The number of aliphatic carboxylic acids is 1. The molecular weight excluding hydrogens is 294 g/mol. The summed E-state index contributed by atoms with van der Waals surface area (Å²) in [6, 6.07) is 5.75. The van der Waals surface area contributed by atoms with Gasteiger partial charge in [0.25, 0.3) is 0 Å². The van der Waals surface area contributed by atoms with Crippen molar-refractivity contribution in [1.29, 1.82) is 0 Å². The number of amides is 1. The number of nitrogens with zero attached hydrogens (tertiary/aromatic N) is 1. The quantitative estimate of drug-likeness (QED) is 0.789. The molecule has 1 amide bonds. The standard InChI is InChI=1S/C17H19N3O3/c1-10-15(6-7-16(21)19-10)20-9-13-12(11(20)2)4-3-5-14(13)18-8-17(22)23/h3-5,15,18H,1-2,6-9H2,(H,19,21)(H,22,23). The Morgan fingerprint density at radius 1 is 1.43 bits per heavy atom. The fourth-order valence-electron chi connectivity index (χ4n) is 3.19. The van der Waals surface area contributed by atoms with Crippen LogP contribution in [-0.2, 0) is 16.1 Å². The van der Waals surface area contributed by atoms with Gasteiger partial charge in [-0.1, -0.05) is 25.3 Å². The summed E-state index contributed by atoms with van der Waals surface area (Å²) in [4.78, 5) is 24.4. The Balaban J connectivity index is 1.84. The predicted molar refractivity (Wildman–Crippen MR) is 87.4 cm³/mol. The van der Waals surface area contributed by atoms with Gasteiger partial charge in [0.1, 0.15) is 6.54 Å². The molecule has 0 aliphatic carbocycles. The topological polar surface area (TPSA) is 81.7 Å². The summed E-state index contributed by atoms with van der Waals surface area (Å²) in [6.45, 7) is 8.62. The molecule has 2 heterocycles. The molecule has 0 saturated carbocycles. The van der Waals surface area contributed by atoms with Crippen molar-refractivity contribution in [2.45, 2.75) is 25.4 Å². The van der Waals surface area contributed by atoms with E-state index in [0.717, 1.165) is 22.5 Å². The van der Waals surface area contributed by atoms with Crippen molar-refractivity contribution >= 4 is 23.3 Å². The van der Waals surface area contributed by atoms with Gasteiger partial charge in [-0.25, -0.2) is 0 Å². The molecule has 6 heteroatoms. The molecule has 1 atom stereocenters. The molecule has 1 unspecified atom stereocenters. The van der Waals surface area contributed by atoms with Crippen molar-refractivity contribution < 1.29 is 14.7 Å². The summed E-state index contributed by atoms with van der Waals surface area (Å²) in [7, 11) is 0. The van der Waals surface area contributed by atoms with E-state index in [2.05, 4.69) is 28.7 Å². The number of nitrogens with one attached hydrogen (secondary N) is 2. The number of carbonyl (C=O) groups excluding carboxylic acids is 1. The van der Waals surface area contributed by atoms with E-state index in [1.165, 1.54) is 0 Å². The van der Waals surface area contributed by atoms with Gasteiger partial charge < -0.3 is 20.6 Å². The number of carboxylic acid groups (broad SMARTS) is 1. The molecule has 3 rings (SSSR count). The van der Waals surface area contributed by atoms with Crippen molar-refractivity contribution in [2.75, 3.05) is 11.9 Å². The third kappa shape index (κ3) is 2.79. The summed E-state index contributed by atoms with van der Waals surface area (Å²) in [5.74, 6) is -0.906. The van der Waals surface area contributed by atoms with Crippen LogP contribution in [0.15, 0.2) is 37.1 Å². The van der Waals surface area contributed by atoms with Crippen LogP contribution < -0.4 is 10.6 Å². The zero-order valence-electron chi connectivity index (χ0n) is 12.8. The van der Waals surface area contributed by atoms with E-state index in [-0.39, 0.29) is 18.5 Å². The minimum absolute atomic E-state index is 0.00242. The van der Waals surface area contributed by atoms with Gasteiger partial charge in [-0.2, -0.15) is 0 Å². The third-order valence-electron chi connectivity index (χ3n) is 4.32. The van der Waals surface area contributed by atoms with Gasteiger partial charge in [0.15, 0.2) is 0 Å². The van der Waals surface area contributed by atoms with E-state index in [1.807, 2.05) is 18.2 Å². The summed E-state index contributed by atoms with van der Waals surface area (Å²) < 4.78 is 0. The molecule has 2 aliphatic rings. The molecule has 0 aromatic heterocycles. The fourth-order valence-corrected chi connectivity index (χ4v) is 3.19. The second kappa shape index (κ2) is 5.79. The second-order valence-electron chi connectivity index (χ2n) is 5.78. The molecule has 2 aliphatic heterocycles. The molecule has 1 saturated heterocycles. The van der Waals surface area contributed by atoms with Crippen molar-refractivity contribution in [3.8, 4) is 0 Å². The Hall–Kier alpha value is -2.76. The molecule has 3 N–H and O–H groups in total. The molecule has 23 heavy (non-hydrogen) atoms. The minimum atomic E-state index is -0.903. The van der Waals surface area contributed by atoms with E-state index in [1.54, 1.807) is 0 Å². The minimum Gasteiger partial charge on any atom is -0.480 e. The van der Waals surface area contributed by atoms with Gasteiger partial charge in [-0.05, 0) is 12.5 Å². The first-order chi connectivity index (χ1) is 11.0. The summed E-state index contributed by atoms with van der Waals surface area (Å²) in [6.07, 6.45) is 1.17. The monoisotopic (exact) mass is 313 g/mol. The Bertz CT molecular complexity index is 711. The van der Waals surface area contributed by atoms with Crippen LogP contribution in [0.25, 0.3) is 5.70 Å². The first-order valence-corrected chi connectivity index (χ1v) is 7.49. The Morgan fingerprint density at radius 3 is 2.91 bits per heavy atom. The van der Waals surface area contributed by atoms with E-state index >= 15 is 0 Å². The maximum atomic E-state index is 11.5. The SMILES string of the molecule is C=C1NC(=O)CCC1N1Cc2c(NCC(=O)O)cccc2C1=C. The summed E-state index contributed by atoms with van der Waals surface area (Å²) >= 11 is 0. The number of rotatable bonds is 4.